The van der Waals surface area contributed by atoms with Crippen molar-refractivity contribution in [2.45, 2.75) is 12.8 Å². The molecule has 1 unspecified atom stereocenters. The Labute approximate surface area is 112 Å². The summed E-state index contributed by atoms with van der Waals surface area (Å²) in [4.78, 5) is 11.8. The minimum absolute atomic E-state index is 0.0344. The number of aromatic nitrogens is 2. The van der Waals surface area contributed by atoms with Crippen LogP contribution in [0.1, 0.15) is 12.1 Å². The number of benzene rings is 1. The van der Waals surface area contributed by atoms with Gasteiger partial charge in [0.05, 0.1) is 24.6 Å². The zero-order chi connectivity index (χ0) is 13.1. The second-order valence-electron chi connectivity index (χ2n) is 4.78. The fourth-order valence-corrected chi connectivity index (χ4v) is 2.32. The highest BCUT2D eigenvalue weighted by molar-refractivity contribution is 5.82. The molecule has 0 spiro atoms. The molecular weight excluding hydrogens is 240 g/mol. The maximum atomic E-state index is 11.8. The molecule has 0 N–H and O–H groups in total. The smallest absolute Gasteiger partial charge is 0.140 e. The first-order valence-electron chi connectivity index (χ1n) is 6.53. The van der Waals surface area contributed by atoms with Crippen LogP contribution in [0.5, 0.6) is 0 Å². The standard InChI is InChI=1S/C15H16N2O2/c18-15-7-9-19-11-12(15)10-13-6-8-17(16-13)14-4-2-1-3-5-14/h1-6,8,12H,7,9-11H2. The highest BCUT2D eigenvalue weighted by Gasteiger charge is 2.23. The van der Waals surface area contributed by atoms with E-state index in [1.165, 1.54) is 0 Å². The summed E-state index contributed by atoms with van der Waals surface area (Å²) in [7, 11) is 0. The molecule has 1 aliphatic rings. The minimum atomic E-state index is -0.0344. The normalized spacial score (nSPS) is 19.6. The summed E-state index contributed by atoms with van der Waals surface area (Å²) in [5, 5.41) is 4.52. The van der Waals surface area contributed by atoms with Crippen LogP contribution in [0.2, 0.25) is 0 Å². The van der Waals surface area contributed by atoms with E-state index in [2.05, 4.69) is 5.10 Å². The Morgan fingerprint density at radius 2 is 2.11 bits per heavy atom. The van der Waals surface area contributed by atoms with Gasteiger partial charge in [0, 0.05) is 25.0 Å². The number of hydrogen-bond donors (Lipinski definition) is 0. The van der Waals surface area contributed by atoms with Gasteiger partial charge in [0.2, 0.25) is 0 Å². The summed E-state index contributed by atoms with van der Waals surface area (Å²) in [5.41, 5.74) is 1.97. The molecule has 0 aliphatic carbocycles. The van der Waals surface area contributed by atoms with Crippen LogP contribution in [0.25, 0.3) is 5.69 Å². The molecule has 19 heavy (non-hydrogen) atoms. The number of ketones is 1. The minimum Gasteiger partial charge on any atom is -0.380 e. The van der Waals surface area contributed by atoms with E-state index in [9.17, 15) is 4.79 Å². The molecule has 4 heteroatoms. The lowest BCUT2D eigenvalue weighted by Crippen LogP contribution is -2.29. The third-order valence-corrected chi connectivity index (χ3v) is 3.39. The molecular formula is C15H16N2O2. The quantitative estimate of drug-likeness (QED) is 0.844. The average molecular weight is 256 g/mol. The van der Waals surface area contributed by atoms with Crippen molar-refractivity contribution < 1.29 is 9.53 Å². The molecule has 0 bridgehead atoms. The summed E-state index contributed by atoms with van der Waals surface area (Å²) in [5.74, 6) is 0.258. The third kappa shape index (κ3) is 2.74. The molecule has 1 aliphatic heterocycles. The Morgan fingerprint density at radius 3 is 2.89 bits per heavy atom. The van der Waals surface area contributed by atoms with Crippen LogP contribution in [0.4, 0.5) is 0 Å². The van der Waals surface area contributed by atoms with Gasteiger partial charge in [-0.15, -0.1) is 0 Å². The second kappa shape index (κ2) is 5.36. The molecule has 0 amide bonds. The van der Waals surface area contributed by atoms with Crippen LogP contribution < -0.4 is 0 Å². The van der Waals surface area contributed by atoms with E-state index >= 15 is 0 Å². The van der Waals surface area contributed by atoms with Crippen LogP contribution in [-0.4, -0.2) is 28.8 Å². The van der Waals surface area contributed by atoms with Gasteiger partial charge in [-0.25, -0.2) is 4.68 Å². The summed E-state index contributed by atoms with van der Waals surface area (Å²) in [6.07, 6.45) is 3.13. The molecule has 2 heterocycles. The van der Waals surface area contributed by atoms with Gasteiger partial charge in [-0.1, -0.05) is 18.2 Å². The fraction of sp³-hybridized carbons (Fsp3) is 0.333. The van der Waals surface area contributed by atoms with E-state index in [0.717, 1.165) is 11.4 Å². The lowest BCUT2D eigenvalue weighted by molar-refractivity contribution is -0.130. The van der Waals surface area contributed by atoms with E-state index in [-0.39, 0.29) is 5.92 Å². The molecule has 1 aromatic carbocycles. The molecule has 1 saturated heterocycles. The van der Waals surface area contributed by atoms with E-state index in [1.54, 1.807) is 0 Å². The molecule has 98 valence electrons. The number of carbonyl (C=O) groups is 1. The number of nitrogens with zero attached hydrogens (tertiary/aromatic N) is 2. The second-order valence-corrected chi connectivity index (χ2v) is 4.78. The van der Waals surface area contributed by atoms with Gasteiger partial charge in [0.1, 0.15) is 5.78 Å². The number of para-hydroxylation sites is 1. The summed E-state index contributed by atoms with van der Waals surface area (Å²) in [6, 6.07) is 11.9. The Balaban J connectivity index is 1.73. The SMILES string of the molecule is O=C1CCOCC1Cc1ccn(-c2ccccc2)n1. The molecule has 3 rings (SSSR count). The van der Waals surface area contributed by atoms with Crippen molar-refractivity contribution in [1.82, 2.24) is 9.78 Å². The average Bonchev–Trinajstić information content (AvgIpc) is 2.91. The summed E-state index contributed by atoms with van der Waals surface area (Å²) in [6.45, 7) is 1.09. The number of ether oxygens (including phenoxy) is 1. The van der Waals surface area contributed by atoms with Gasteiger partial charge in [0.15, 0.2) is 0 Å². The van der Waals surface area contributed by atoms with Gasteiger partial charge >= 0.3 is 0 Å². The summed E-state index contributed by atoms with van der Waals surface area (Å²) < 4.78 is 7.20. The van der Waals surface area contributed by atoms with Crippen molar-refractivity contribution in [2.24, 2.45) is 5.92 Å². The maximum absolute atomic E-state index is 11.8. The molecule has 1 aromatic heterocycles. The van der Waals surface area contributed by atoms with Crippen LogP contribution >= 0.6 is 0 Å². The van der Waals surface area contributed by atoms with E-state index in [0.29, 0.717) is 31.8 Å². The lowest BCUT2D eigenvalue weighted by Gasteiger charge is -2.19. The predicted octanol–water partition coefficient (Wildman–Crippen LogP) is 2.02. The van der Waals surface area contributed by atoms with Crippen LogP contribution in [0.3, 0.4) is 0 Å². The first-order valence-corrected chi connectivity index (χ1v) is 6.53. The largest absolute Gasteiger partial charge is 0.380 e. The molecule has 4 nitrogen and oxygen atoms in total. The highest BCUT2D eigenvalue weighted by Crippen LogP contribution is 2.16. The Morgan fingerprint density at radius 1 is 1.26 bits per heavy atom. The molecule has 2 aromatic rings. The van der Waals surface area contributed by atoms with Crippen molar-refractivity contribution in [1.29, 1.82) is 0 Å². The number of hydrogen-bond acceptors (Lipinski definition) is 3. The van der Waals surface area contributed by atoms with Crippen LogP contribution in [-0.2, 0) is 16.0 Å². The van der Waals surface area contributed by atoms with Gasteiger partial charge in [0.25, 0.3) is 0 Å². The Hall–Kier alpha value is -1.94. The predicted molar refractivity (Wildman–Crippen MR) is 71.2 cm³/mol. The first kappa shape index (κ1) is 12.1. The van der Waals surface area contributed by atoms with Crippen molar-refractivity contribution in [3.8, 4) is 5.69 Å². The molecule has 0 radical (unpaired) electrons. The molecule has 1 fully saturated rings. The van der Waals surface area contributed by atoms with Gasteiger partial charge < -0.3 is 4.74 Å². The Bertz CT molecular complexity index is 563. The zero-order valence-electron chi connectivity index (χ0n) is 10.7. The van der Waals surface area contributed by atoms with Gasteiger partial charge in [-0.05, 0) is 18.2 Å². The molecule has 1 atom stereocenters. The summed E-state index contributed by atoms with van der Waals surface area (Å²) >= 11 is 0. The van der Waals surface area contributed by atoms with E-state index in [1.807, 2.05) is 47.3 Å². The van der Waals surface area contributed by atoms with Crippen LogP contribution in [0, 0.1) is 5.92 Å². The van der Waals surface area contributed by atoms with Crippen LogP contribution in [0.15, 0.2) is 42.6 Å². The maximum Gasteiger partial charge on any atom is 0.140 e. The number of carbonyl (C=O) groups excluding carboxylic acids is 1. The van der Waals surface area contributed by atoms with Crippen molar-refractivity contribution in [3.63, 3.8) is 0 Å². The Kier molecular flexibility index (Phi) is 3.42. The van der Waals surface area contributed by atoms with Crippen molar-refractivity contribution in [3.05, 3.63) is 48.3 Å². The van der Waals surface area contributed by atoms with E-state index in [4.69, 9.17) is 4.74 Å². The first-order chi connectivity index (χ1) is 9.33. The topological polar surface area (TPSA) is 44.1 Å². The highest BCUT2D eigenvalue weighted by atomic mass is 16.5. The van der Waals surface area contributed by atoms with Crippen molar-refractivity contribution >= 4 is 5.78 Å². The number of Topliss-reactive ketones (excluding diaryl/α,β-unsaturated/α-hetero) is 1. The number of rotatable bonds is 3. The van der Waals surface area contributed by atoms with E-state index < -0.39 is 0 Å². The third-order valence-electron chi connectivity index (χ3n) is 3.39. The monoisotopic (exact) mass is 256 g/mol. The molecule has 0 saturated carbocycles. The fourth-order valence-electron chi connectivity index (χ4n) is 2.32. The van der Waals surface area contributed by atoms with Gasteiger partial charge in [-0.2, -0.15) is 5.10 Å². The van der Waals surface area contributed by atoms with Gasteiger partial charge in [-0.3, -0.25) is 4.79 Å². The zero-order valence-corrected chi connectivity index (χ0v) is 10.7. The van der Waals surface area contributed by atoms with Crippen molar-refractivity contribution in [2.75, 3.05) is 13.2 Å². The lowest BCUT2D eigenvalue weighted by atomic mass is 9.96.